The summed E-state index contributed by atoms with van der Waals surface area (Å²) in [5.41, 5.74) is 0.418. The van der Waals surface area contributed by atoms with Gasteiger partial charge in [-0.2, -0.15) is 0 Å². The molecule has 1 nitrogen and oxygen atoms in total. The van der Waals surface area contributed by atoms with Crippen LogP contribution in [-0.4, -0.2) is 11.0 Å². The van der Waals surface area contributed by atoms with Crippen molar-refractivity contribution in [1.29, 1.82) is 0 Å². The third-order valence-electron chi connectivity index (χ3n) is 1.68. The number of aromatic hydroxyl groups is 1. The minimum atomic E-state index is -0.160. The van der Waals surface area contributed by atoms with Crippen molar-refractivity contribution in [2.24, 2.45) is 0 Å². The number of benzene rings is 1. The summed E-state index contributed by atoms with van der Waals surface area (Å²) in [6, 6.07) is 0. The minimum Gasteiger partial charge on any atom is -0.506 e. The number of hydrogen-bond acceptors (Lipinski definition) is 1. The zero-order chi connectivity index (χ0) is 10.9. The molecule has 0 aliphatic carbocycles. The highest BCUT2D eigenvalue weighted by atomic mass is 35.5. The van der Waals surface area contributed by atoms with Gasteiger partial charge in [-0.3, -0.25) is 0 Å². The van der Waals surface area contributed by atoms with E-state index in [1.807, 2.05) is 0 Å². The van der Waals surface area contributed by atoms with Crippen LogP contribution < -0.4 is 0 Å². The van der Waals surface area contributed by atoms with E-state index in [1.165, 1.54) is 0 Å². The van der Waals surface area contributed by atoms with Crippen molar-refractivity contribution in [2.75, 3.05) is 5.88 Å². The highest BCUT2D eigenvalue weighted by Crippen LogP contribution is 2.45. The van der Waals surface area contributed by atoms with Crippen LogP contribution in [-0.2, 0) is 6.42 Å². The van der Waals surface area contributed by atoms with Crippen molar-refractivity contribution in [3.8, 4) is 5.75 Å². The lowest BCUT2D eigenvalue weighted by Crippen LogP contribution is -1.91. The molecule has 0 saturated carbocycles. The molecule has 0 aromatic heterocycles. The van der Waals surface area contributed by atoms with Crippen LogP contribution in [0.1, 0.15) is 5.56 Å². The van der Waals surface area contributed by atoms with Crippen LogP contribution in [0.15, 0.2) is 0 Å². The van der Waals surface area contributed by atoms with E-state index < -0.39 is 0 Å². The SMILES string of the molecule is Oc1c(Cl)c(Cl)c(Cl)c(Cl)c1CCCl. The first-order valence-electron chi connectivity index (χ1n) is 3.60. The number of halogens is 5. The Bertz CT molecular complexity index is 334. The quantitative estimate of drug-likeness (QED) is 0.472. The summed E-state index contributed by atoms with van der Waals surface area (Å²) in [7, 11) is 0. The van der Waals surface area contributed by atoms with Crippen molar-refractivity contribution in [3.05, 3.63) is 25.7 Å². The third kappa shape index (κ3) is 2.17. The van der Waals surface area contributed by atoms with Crippen LogP contribution in [0, 0.1) is 0 Å². The van der Waals surface area contributed by atoms with E-state index in [-0.39, 0.29) is 25.8 Å². The molecule has 0 unspecified atom stereocenters. The molecule has 6 heteroatoms. The summed E-state index contributed by atoms with van der Waals surface area (Å²) < 4.78 is 0. The van der Waals surface area contributed by atoms with Gasteiger partial charge >= 0.3 is 0 Å². The molecule has 0 aliphatic heterocycles. The summed E-state index contributed by atoms with van der Waals surface area (Å²) in [4.78, 5) is 0. The highest BCUT2D eigenvalue weighted by Gasteiger charge is 2.19. The van der Waals surface area contributed by atoms with E-state index in [2.05, 4.69) is 0 Å². The number of phenols is 1. The zero-order valence-corrected chi connectivity index (χ0v) is 10.5. The predicted molar refractivity (Wildman–Crippen MR) is 62.6 cm³/mol. The Kier molecular flexibility index (Phi) is 4.48. The van der Waals surface area contributed by atoms with Crippen molar-refractivity contribution < 1.29 is 5.11 Å². The zero-order valence-electron chi connectivity index (χ0n) is 6.75. The molecule has 0 bridgehead atoms. The van der Waals surface area contributed by atoms with Crippen LogP contribution in [0.3, 0.4) is 0 Å². The third-order valence-corrected chi connectivity index (χ3v) is 3.70. The van der Waals surface area contributed by atoms with E-state index in [0.29, 0.717) is 17.9 Å². The topological polar surface area (TPSA) is 20.2 Å². The molecule has 1 N–H and O–H groups in total. The molecule has 0 saturated heterocycles. The molecule has 0 atom stereocenters. The van der Waals surface area contributed by atoms with E-state index in [4.69, 9.17) is 58.0 Å². The molecule has 1 aromatic carbocycles. The summed E-state index contributed by atoms with van der Waals surface area (Å²) in [5.74, 6) is 0.147. The summed E-state index contributed by atoms with van der Waals surface area (Å²) in [6.45, 7) is 0. The van der Waals surface area contributed by atoms with Gasteiger partial charge in [0, 0.05) is 11.4 Å². The van der Waals surface area contributed by atoms with Gasteiger partial charge in [0.2, 0.25) is 0 Å². The van der Waals surface area contributed by atoms with E-state index in [0.717, 1.165) is 0 Å². The van der Waals surface area contributed by atoms with E-state index in [9.17, 15) is 5.11 Å². The Morgan fingerprint density at radius 3 is 1.86 bits per heavy atom. The Balaban J connectivity index is 3.43. The maximum absolute atomic E-state index is 9.60. The van der Waals surface area contributed by atoms with Gasteiger partial charge in [0.15, 0.2) is 0 Å². The Morgan fingerprint density at radius 2 is 1.36 bits per heavy atom. The Labute approximate surface area is 106 Å². The lowest BCUT2D eigenvalue weighted by Gasteiger charge is -2.10. The first kappa shape index (κ1) is 12.5. The average molecular weight is 294 g/mol. The average Bonchev–Trinajstić information content (AvgIpc) is 2.19. The van der Waals surface area contributed by atoms with Crippen LogP contribution in [0.2, 0.25) is 20.1 Å². The van der Waals surface area contributed by atoms with Crippen molar-refractivity contribution in [1.82, 2.24) is 0 Å². The van der Waals surface area contributed by atoms with Crippen LogP contribution in [0.4, 0.5) is 0 Å². The van der Waals surface area contributed by atoms with Crippen molar-refractivity contribution >= 4 is 58.0 Å². The maximum Gasteiger partial charge on any atom is 0.140 e. The molecular weight excluding hydrogens is 289 g/mol. The standard InChI is InChI=1S/C8H5Cl5O/c9-2-1-3-4(10)5(11)6(12)7(13)8(3)14/h14H,1-2H2. The normalized spacial score (nSPS) is 10.6. The second-order valence-electron chi connectivity index (χ2n) is 2.52. The number of alkyl halides is 1. The monoisotopic (exact) mass is 292 g/mol. The molecule has 0 aliphatic rings. The van der Waals surface area contributed by atoms with Gasteiger partial charge in [-0.25, -0.2) is 0 Å². The molecule has 1 aromatic rings. The van der Waals surface area contributed by atoms with Gasteiger partial charge < -0.3 is 5.11 Å². The van der Waals surface area contributed by atoms with Crippen LogP contribution in [0.25, 0.3) is 0 Å². The smallest absolute Gasteiger partial charge is 0.140 e. The molecule has 0 heterocycles. The largest absolute Gasteiger partial charge is 0.506 e. The number of phenolic OH excluding ortho intramolecular Hbond substituents is 1. The van der Waals surface area contributed by atoms with Crippen LogP contribution >= 0.6 is 58.0 Å². The predicted octanol–water partition coefficient (Wildman–Crippen LogP) is 4.79. The minimum absolute atomic E-state index is 0.00110. The first-order chi connectivity index (χ1) is 6.50. The fraction of sp³-hybridized carbons (Fsp3) is 0.250. The molecule has 14 heavy (non-hydrogen) atoms. The lowest BCUT2D eigenvalue weighted by molar-refractivity contribution is 0.469. The molecule has 78 valence electrons. The van der Waals surface area contributed by atoms with Gasteiger partial charge in [-0.15, -0.1) is 11.6 Å². The van der Waals surface area contributed by atoms with Gasteiger partial charge in [0.05, 0.1) is 15.1 Å². The first-order valence-corrected chi connectivity index (χ1v) is 5.65. The number of rotatable bonds is 2. The van der Waals surface area contributed by atoms with Gasteiger partial charge in [0.25, 0.3) is 0 Å². The second kappa shape index (κ2) is 5.00. The summed E-state index contributed by atoms with van der Waals surface area (Å²) in [6.07, 6.45) is 0.378. The second-order valence-corrected chi connectivity index (χ2v) is 4.41. The van der Waals surface area contributed by atoms with Crippen LogP contribution in [0.5, 0.6) is 5.75 Å². The molecule has 1 rings (SSSR count). The molecule has 0 spiro atoms. The highest BCUT2D eigenvalue weighted by molar-refractivity contribution is 6.52. The lowest BCUT2D eigenvalue weighted by atomic mass is 10.1. The molecule has 0 radical (unpaired) electrons. The number of hydrogen-bond donors (Lipinski definition) is 1. The van der Waals surface area contributed by atoms with Gasteiger partial charge in [-0.1, -0.05) is 46.4 Å². The van der Waals surface area contributed by atoms with Crippen molar-refractivity contribution in [2.45, 2.75) is 6.42 Å². The van der Waals surface area contributed by atoms with E-state index >= 15 is 0 Å². The summed E-state index contributed by atoms with van der Waals surface area (Å²) >= 11 is 28.6. The van der Waals surface area contributed by atoms with Gasteiger partial charge in [-0.05, 0) is 6.42 Å². The fourth-order valence-electron chi connectivity index (χ4n) is 0.988. The summed E-state index contributed by atoms with van der Waals surface area (Å²) in [5, 5.41) is 9.98. The Hall–Kier alpha value is 0.470. The molecule has 0 fully saturated rings. The maximum atomic E-state index is 9.60. The molecule has 0 amide bonds. The Morgan fingerprint density at radius 1 is 0.857 bits per heavy atom. The van der Waals surface area contributed by atoms with Crippen molar-refractivity contribution in [3.63, 3.8) is 0 Å². The van der Waals surface area contributed by atoms with E-state index in [1.54, 1.807) is 0 Å². The fourth-order valence-corrected chi connectivity index (χ4v) is 2.15. The van der Waals surface area contributed by atoms with Gasteiger partial charge in [0.1, 0.15) is 10.8 Å². The molecular formula is C8H5Cl5O.